The van der Waals surface area contributed by atoms with Gasteiger partial charge in [0.2, 0.25) is 0 Å². The second-order valence-electron chi connectivity index (χ2n) is 1.96. The number of hydrogen-bond acceptors (Lipinski definition) is 2. The first-order chi connectivity index (χ1) is 3.50. The molecule has 0 unspecified atom stereocenters. The van der Waals surface area contributed by atoms with Crippen LogP contribution in [0.3, 0.4) is 0 Å². The Bertz CT molecular complexity index is 121. The van der Waals surface area contributed by atoms with Crippen LogP contribution in [0.15, 0.2) is 0 Å². The average Bonchev–Trinajstić information content (AvgIpc) is 1.67. The van der Waals surface area contributed by atoms with E-state index in [9.17, 15) is 9.00 Å². The van der Waals surface area contributed by atoms with Crippen molar-refractivity contribution in [3.05, 3.63) is 0 Å². The monoisotopic (exact) mass is 134 g/mol. The summed E-state index contributed by atoms with van der Waals surface area (Å²) in [6.07, 6.45) is 0. The molecule has 0 aliphatic heterocycles. The quantitative estimate of drug-likeness (QED) is 0.526. The molecule has 0 aromatic carbocycles. The molecular formula is C4H8NO2S+. The van der Waals surface area contributed by atoms with E-state index in [-0.39, 0.29) is 11.7 Å². The van der Waals surface area contributed by atoms with Gasteiger partial charge in [-0.1, -0.05) is 0 Å². The Morgan fingerprint density at radius 1 is 1.62 bits per heavy atom. The van der Waals surface area contributed by atoms with Crippen LogP contribution in [0.25, 0.3) is 0 Å². The molecule has 0 heterocycles. The smallest absolute Gasteiger partial charge is 0.364 e. The van der Waals surface area contributed by atoms with Crippen molar-refractivity contribution in [1.82, 2.24) is 0 Å². The summed E-state index contributed by atoms with van der Waals surface area (Å²) in [6, 6.07) is 0. The maximum Gasteiger partial charge on any atom is 0.475 e. The standard InChI is InChI=1S/C4H7NO2S/c1-4(2,8-7)3(5)6/h1-2H3,(H-,5,6)/p+1. The van der Waals surface area contributed by atoms with Crippen LogP contribution >= 0.6 is 0 Å². The number of carbonyl (C=O) groups excluding carboxylic acids is 1. The first-order valence-corrected chi connectivity index (χ1v) is 2.86. The van der Waals surface area contributed by atoms with Crippen LogP contribution in [0, 0.1) is 0 Å². The maximum atomic E-state index is 10.3. The third-order valence-electron chi connectivity index (χ3n) is 0.802. The molecule has 0 saturated carbocycles. The largest absolute Gasteiger partial charge is 0.475 e. The van der Waals surface area contributed by atoms with E-state index >= 15 is 0 Å². The SMILES string of the molecule is CC(C)([S+]=O)C(N)=O. The predicted molar refractivity (Wildman–Crippen MR) is 31.3 cm³/mol. The fourth-order valence-corrected chi connectivity index (χ4v) is 0.123. The fourth-order valence-electron chi connectivity index (χ4n) is 0.0411. The van der Waals surface area contributed by atoms with Crippen molar-refractivity contribution in [1.29, 1.82) is 0 Å². The molecule has 0 aromatic rings. The summed E-state index contributed by atoms with van der Waals surface area (Å²) >= 11 is 0.211. The molecule has 2 N–H and O–H groups in total. The summed E-state index contributed by atoms with van der Waals surface area (Å²) in [5.74, 6) is -0.572. The van der Waals surface area contributed by atoms with Gasteiger partial charge < -0.3 is 5.73 Å². The second kappa shape index (κ2) is 2.17. The van der Waals surface area contributed by atoms with Crippen LogP contribution in [0.2, 0.25) is 0 Å². The van der Waals surface area contributed by atoms with Crippen LogP contribution in [-0.4, -0.2) is 10.7 Å². The Balaban J connectivity index is 4.12. The van der Waals surface area contributed by atoms with Crippen molar-refractivity contribution < 1.29 is 9.00 Å². The van der Waals surface area contributed by atoms with Crippen LogP contribution in [0.4, 0.5) is 0 Å². The van der Waals surface area contributed by atoms with Crippen molar-refractivity contribution >= 4 is 17.6 Å². The van der Waals surface area contributed by atoms with Gasteiger partial charge in [0.1, 0.15) is 0 Å². The Kier molecular flexibility index (Phi) is 2.03. The molecule has 0 spiro atoms. The third-order valence-corrected chi connectivity index (χ3v) is 1.42. The zero-order valence-electron chi connectivity index (χ0n) is 4.80. The molecule has 0 atom stereocenters. The lowest BCUT2D eigenvalue weighted by Crippen LogP contribution is -2.36. The minimum Gasteiger partial charge on any atom is -0.364 e. The summed E-state index contributed by atoms with van der Waals surface area (Å²) in [6.45, 7) is 2.99. The summed E-state index contributed by atoms with van der Waals surface area (Å²) in [5.41, 5.74) is 4.82. The van der Waals surface area contributed by atoms with Crippen molar-refractivity contribution in [2.45, 2.75) is 18.6 Å². The Morgan fingerprint density at radius 3 is 2.00 bits per heavy atom. The van der Waals surface area contributed by atoms with Gasteiger partial charge in [-0.15, -0.1) is 0 Å². The molecular weight excluding hydrogens is 126 g/mol. The van der Waals surface area contributed by atoms with Crippen molar-refractivity contribution in [2.24, 2.45) is 5.73 Å². The van der Waals surface area contributed by atoms with Gasteiger partial charge in [0.05, 0.1) is 0 Å². The van der Waals surface area contributed by atoms with E-state index in [1.54, 1.807) is 0 Å². The van der Waals surface area contributed by atoms with E-state index < -0.39 is 10.7 Å². The maximum absolute atomic E-state index is 10.3. The molecule has 1 amide bonds. The molecule has 0 saturated heterocycles. The average molecular weight is 134 g/mol. The second-order valence-corrected chi connectivity index (χ2v) is 3.15. The lowest BCUT2D eigenvalue weighted by atomic mass is 10.2. The highest BCUT2D eigenvalue weighted by Gasteiger charge is 2.39. The number of amides is 1. The lowest BCUT2D eigenvalue weighted by molar-refractivity contribution is -0.119. The number of primary amides is 1. The fraction of sp³-hybridized carbons (Fsp3) is 0.750. The first-order valence-electron chi connectivity index (χ1n) is 2.11. The molecule has 0 aromatic heterocycles. The Hall–Kier alpha value is -0.510. The van der Waals surface area contributed by atoms with Gasteiger partial charge in [-0.3, -0.25) is 4.79 Å². The lowest BCUT2D eigenvalue weighted by Gasteiger charge is -1.94. The van der Waals surface area contributed by atoms with E-state index in [1.807, 2.05) is 0 Å². The highest BCUT2D eigenvalue weighted by atomic mass is 32.1. The van der Waals surface area contributed by atoms with Crippen LogP contribution < -0.4 is 5.73 Å². The minimum absolute atomic E-state index is 0.211. The van der Waals surface area contributed by atoms with Crippen LogP contribution in [-0.2, 0) is 20.7 Å². The zero-order chi connectivity index (χ0) is 6.78. The van der Waals surface area contributed by atoms with E-state index in [0.29, 0.717) is 0 Å². The topological polar surface area (TPSA) is 60.2 Å². The van der Waals surface area contributed by atoms with Crippen LogP contribution in [0.5, 0.6) is 0 Å². The van der Waals surface area contributed by atoms with Gasteiger partial charge in [0.15, 0.2) is 0 Å². The normalized spacial score (nSPS) is 10.8. The number of nitrogens with two attached hydrogens (primary N) is 1. The summed E-state index contributed by atoms with van der Waals surface area (Å²) in [4.78, 5) is 10.3. The molecule has 0 fully saturated rings. The van der Waals surface area contributed by atoms with Crippen molar-refractivity contribution in [2.75, 3.05) is 0 Å². The number of carbonyl (C=O) groups is 1. The van der Waals surface area contributed by atoms with Crippen molar-refractivity contribution in [3.8, 4) is 0 Å². The van der Waals surface area contributed by atoms with E-state index in [4.69, 9.17) is 5.73 Å². The summed E-state index contributed by atoms with van der Waals surface area (Å²) < 4.78 is 9.05. The third kappa shape index (κ3) is 1.54. The van der Waals surface area contributed by atoms with Gasteiger partial charge >= 0.3 is 16.4 Å². The molecule has 46 valence electrons. The van der Waals surface area contributed by atoms with E-state index in [2.05, 4.69) is 0 Å². The van der Waals surface area contributed by atoms with Crippen molar-refractivity contribution in [3.63, 3.8) is 0 Å². The van der Waals surface area contributed by atoms with Gasteiger partial charge in [0, 0.05) is 18.1 Å². The minimum atomic E-state index is -0.958. The highest BCUT2D eigenvalue weighted by molar-refractivity contribution is 7.68. The molecule has 0 bridgehead atoms. The molecule has 0 rings (SSSR count). The summed E-state index contributed by atoms with van der Waals surface area (Å²) in [7, 11) is 0. The summed E-state index contributed by atoms with van der Waals surface area (Å²) in [5, 5.41) is 0. The van der Waals surface area contributed by atoms with E-state index in [1.165, 1.54) is 13.8 Å². The molecule has 3 nitrogen and oxygen atoms in total. The highest BCUT2D eigenvalue weighted by Crippen LogP contribution is 2.01. The zero-order valence-corrected chi connectivity index (χ0v) is 5.62. The predicted octanol–water partition coefficient (Wildman–Crippen LogP) is -0.322. The number of rotatable bonds is 2. The molecule has 4 heteroatoms. The van der Waals surface area contributed by atoms with Gasteiger partial charge in [-0.05, 0) is 0 Å². The molecule has 0 aliphatic rings. The molecule has 0 aliphatic carbocycles. The Labute approximate surface area is 51.7 Å². The first kappa shape index (κ1) is 7.49. The Morgan fingerprint density at radius 2 is 2.00 bits per heavy atom. The molecule has 8 heavy (non-hydrogen) atoms. The number of hydrogen-bond donors (Lipinski definition) is 1. The van der Waals surface area contributed by atoms with Gasteiger partial charge in [-0.2, -0.15) is 0 Å². The molecule has 0 radical (unpaired) electrons. The van der Waals surface area contributed by atoms with E-state index in [0.717, 1.165) is 0 Å². The van der Waals surface area contributed by atoms with Gasteiger partial charge in [-0.25, -0.2) is 0 Å². The van der Waals surface area contributed by atoms with Crippen LogP contribution in [0.1, 0.15) is 13.8 Å². The van der Waals surface area contributed by atoms with Gasteiger partial charge in [0.25, 0.3) is 5.91 Å².